The van der Waals surface area contributed by atoms with Crippen LogP contribution in [0.5, 0.6) is 0 Å². The normalized spacial score (nSPS) is 10.5. The molecule has 4 rings (SSSR count). The van der Waals surface area contributed by atoms with Gasteiger partial charge in [-0.1, -0.05) is 66.2 Å². The highest BCUT2D eigenvalue weighted by Crippen LogP contribution is 2.22. The van der Waals surface area contributed by atoms with Gasteiger partial charge < -0.3 is 10.2 Å². The van der Waals surface area contributed by atoms with E-state index in [1.807, 2.05) is 73.7 Å². The molecule has 0 bridgehead atoms. The van der Waals surface area contributed by atoms with Gasteiger partial charge in [0.25, 0.3) is 5.91 Å². The zero-order valence-electron chi connectivity index (χ0n) is 18.9. The summed E-state index contributed by atoms with van der Waals surface area (Å²) in [4.78, 5) is 27.4. The molecule has 0 unspecified atom stereocenters. The van der Waals surface area contributed by atoms with E-state index in [0.717, 1.165) is 22.4 Å². The number of carbonyl (C=O) groups excluding carboxylic acids is 2. The van der Waals surface area contributed by atoms with Crippen LogP contribution in [0.4, 0.5) is 15.8 Å². The molecule has 2 amide bonds. The molecule has 5 heteroatoms. The van der Waals surface area contributed by atoms with Gasteiger partial charge in [-0.2, -0.15) is 0 Å². The van der Waals surface area contributed by atoms with Crippen LogP contribution in [0.3, 0.4) is 0 Å². The minimum atomic E-state index is -0.404. The predicted molar refractivity (Wildman–Crippen MR) is 133 cm³/mol. The van der Waals surface area contributed by atoms with Gasteiger partial charge in [-0.15, -0.1) is 0 Å². The summed E-state index contributed by atoms with van der Waals surface area (Å²) in [5, 5.41) is 2.70. The average Bonchev–Trinajstić information content (AvgIpc) is 2.84. The molecule has 34 heavy (non-hydrogen) atoms. The summed E-state index contributed by atoms with van der Waals surface area (Å²) >= 11 is 0. The molecule has 4 aromatic carbocycles. The van der Waals surface area contributed by atoms with Crippen LogP contribution in [0.15, 0.2) is 103 Å². The van der Waals surface area contributed by atoms with E-state index in [-0.39, 0.29) is 18.2 Å². The van der Waals surface area contributed by atoms with Crippen molar-refractivity contribution in [2.45, 2.75) is 19.9 Å². The van der Waals surface area contributed by atoms with Crippen LogP contribution in [-0.2, 0) is 17.8 Å². The topological polar surface area (TPSA) is 49.4 Å². The van der Waals surface area contributed by atoms with Crippen molar-refractivity contribution in [2.75, 3.05) is 10.2 Å². The fraction of sp³-hybridized carbons (Fsp3) is 0.103. The largest absolute Gasteiger partial charge is 0.326 e. The minimum Gasteiger partial charge on any atom is -0.326 e. The van der Waals surface area contributed by atoms with Gasteiger partial charge in [-0.25, -0.2) is 4.39 Å². The zero-order valence-corrected chi connectivity index (χ0v) is 18.9. The summed E-state index contributed by atoms with van der Waals surface area (Å²) in [7, 11) is 0. The molecule has 0 aromatic heterocycles. The monoisotopic (exact) mass is 452 g/mol. The SMILES string of the molecule is Cc1ccc(CN(C(=O)c2ccccc2)c2ccc(CC(=O)Nc3cccc(F)c3)cc2)cc1. The summed E-state index contributed by atoms with van der Waals surface area (Å²) in [5.74, 6) is -0.744. The fourth-order valence-corrected chi connectivity index (χ4v) is 3.64. The number of rotatable bonds is 7. The maximum Gasteiger partial charge on any atom is 0.258 e. The summed E-state index contributed by atoms with van der Waals surface area (Å²) in [6.07, 6.45) is 0.140. The Morgan fingerprint density at radius 2 is 1.47 bits per heavy atom. The third-order valence-corrected chi connectivity index (χ3v) is 5.45. The maximum atomic E-state index is 13.3. The van der Waals surface area contributed by atoms with Crippen molar-refractivity contribution in [3.8, 4) is 0 Å². The lowest BCUT2D eigenvalue weighted by Crippen LogP contribution is -2.30. The second-order valence-electron chi connectivity index (χ2n) is 8.14. The Morgan fingerprint density at radius 3 is 2.15 bits per heavy atom. The van der Waals surface area contributed by atoms with Crippen molar-refractivity contribution in [3.63, 3.8) is 0 Å². The molecule has 0 fully saturated rings. The molecule has 0 aliphatic rings. The lowest BCUT2D eigenvalue weighted by atomic mass is 10.1. The van der Waals surface area contributed by atoms with Crippen molar-refractivity contribution < 1.29 is 14.0 Å². The first-order valence-electron chi connectivity index (χ1n) is 11.0. The molecule has 170 valence electrons. The number of halogens is 1. The second kappa shape index (κ2) is 10.6. The van der Waals surface area contributed by atoms with Gasteiger partial charge in [0.2, 0.25) is 5.91 Å². The van der Waals surface area contributed by atoms with Crippen LogP contribution < -0.4 is 10.2 Å². The Balaban J connectivity index is 1.52. The summed E-state index contributed by atoms with van der Waals surface area (Å²) in [6.45, 7) is 2.45. The van der Waals surface area contributed by atoms with Crippen LogP contribution >= 0.6 is 0 Å². The Labute approximate surface area is 198 Å². The summed E-state index contributed by atoms with van der Waals surface area (Å²) in [6, 6.07) is 30.4. The van der Waals surface area contributed by atoms with E-state index >= 15 is 0 Å². The van der Waals surface area contributed by atoms with Crippen LogP contribution in [-0.4, -0.2) is 11.8 Å². The number of aryl methyl sites for hydroxylation is 1. The number of anilines is 2. The molecule has 0 spiro atoms. The van der Waals surface area contributed by atoms with E-state index in [0.29, 0.717) is 17.8 Å². The smallest absolute Gasteiger partial charge is 0.258 e. The molecular weight excluding hydrogens is 427 g/mol. The van der Waals surface area contributed by atoms with E-state index in [4.69, 9.17) is 0 Å². The molecular formula is C29H25FN2O2. The van der Waals surface area contributed by atoms with Crippen molar-refractivity contribution in [2.24, 2.45) is 0 Å². The quantitative estimate of drug-likeness (QED) is 0.365. The molecule has 0 atom stereocenters. The highest BCUT2D eigenvalue weighted by atomic mass is 19.1. The minimum absolute atomic E-state index is 0.0993. The molecule has 1 N–H and O–H groups in total. The van der Waals surface area contributed by atoms with Gasteiger partial charge in [0.1, 0.15) is 5.82 Å². The lowest BCUT2D eigenvalue weighted by Gasteiger charge is -2.23. The predicted octanol–water partition coefficient (Wildman–Crippen LogP) is 6.16. The van der Waals surface area contributed by atoms with Gasteiger partial charge in [0, 0.05) is 16.9 Å². The van der Waals surface area contributed by atoms with E-state index in [1.54, 1.807) is 29.2 Å². The first-order valence-corrected chi connectivity index (χ1v) is 11.0. The summed E-state index contributed by atoms with van der Waals surface area (Å²) < 4.78 is 13.3. The summed E-state index contributed by atoms with van der Waals surface area (Å²) in [5.41, 5.74) is 4.73. The third-order valence-electron chi connectivity index (χ3n) is 5.45. The van der Waals surface area contributed by atoms with Crippen LogP contribution in [0.25, 0.3) is 0 Å². The third kappa shape index (κ3) is 5.95. The van der Waals surface area contributed by atoms with Gasteiger partial charge >= 0.3 is 0 Å². The molecule has 4 aromatic rings. The first kappa shape index (κ1) is 22.9. The fourth-order valence-electron chi connectivity index (χ4n) is 3.64. The Morgan fingerprint density at radius 1 is 0.794 bits per heavy atom. The number of nitrogens with one attached hydrogen (secondary N) is 1. The van der Waals surface area contributed by atoms with Gasteiger partial charge in [-0.05, 0) is 60.5 Å². The van der Waals surface area contributed by atoms with Crippen LogP contribution in [0.1, 0.15) is 27.0 Å². The van der Waals surface area contributed by atoms with E-state index in [9.17, 15) is 14.0 Å². The van der Waals surface area contributed by atoms with Crippen molar-refractivity contribution in [1.82, 2.24) is 0 Å². The highest BCUT2D eigenvalue weighted by molar-refractivity contribution is 6.06. The number of nitrogens with zero attached hydrogens (tertiary/aromatic N) is 1. The lowest BCUT2D eigenvalue weighted by molar-refractivity contribution is -0.115. The highest BCUT2D eigenvalue weighted by Gasteiger charge is 2.18. The molecule has 0 heterocycles. The molecule has 0 radical (unpaired) electrons. The van der Waals surface area contributed by atoms with Crippen molar-refractivity contribution in [3.05, 3.63) is 131 Å². The standard InChI is InChI=1S/C29H25FN2O2/c1-21-10-12-23(13-11-21)20-32(29(34)24-6-3-2-4-7-24)27-16-14-22(15-17-27)18-28(33)31-26-9-5-8-25(30)19-26/h2-17,19H,18,20H2,1H3,(H,31,33). The van der Waals surface area contributed by atoms with E-state index < -0.39 is 5.82 Å². The van der Waals surface area contributed by atoms with Crippen LogP contribution in [0.2, 0.25) is 0 Å². The van der Waals surface area contributed by atoms with Gasteiger partial charge in [0.15, 0.2) is 0 Å². The molecule has 4 nitrogen and oxygen atoms in total. The van der Waals surface area contributed by atoms with Crippen LogP contribution in [0, 0.1) is 12.7 Å². The Bertz CT molecular complexity index is 1270. The number of benzene rings is 4. The zero-order chi connectivity index (χ0) is 23.9. The average molecular weight is 453 g/mol. The number of carbonyl (C=O) groups is 2. The van der Waals surface area contributed by atoms with Gasteiger partial charge in [-0.3, -0.25) is 9.59 Å². The maximum absolute atomic E-state index is 13.3. The van der Waals surface area contributed by atoms with E-state index in [2.05, 4.69) is 5.32 Å². The Hall–Kier alpha value is -4.25. The number of hydrogen-bond acceptors (Lipinski definition) is 2. The molecule has 0 saturated carbocycles. The molecule has 0 saturated heterocycles. The van der Waals surface area contributed by atoms with Gasteiger partial charge in [0.05, 0.1) is 13.0 Å². The second-order valence-corrected chi connectivity index (χ2v) is 8.14. The van der Waals surface area contributed by atoms with Crippen molar-refractivity contribution in [1.29, 1.82) is 0 Å². The number of amides is 2. The van der Waals surface area contributed by atoms with Crippen molar-refractivity contribution >= 4 is 23.2 Å². The molecule has 0 aliphatic heterocycles. The van der Waals surface area contributed by atoms with E-state index in [1.165, 1.54) is 12.1 Å². The Kier molecular flexibility index (Phi) is 7.13. The first-order chi connectivity index (χ1) is 16.5. The number of hydrogen-bond donors (Lipinski definition) is 1. The molecule has 0 aliphatic carbocycles.